The van der Waals surface area contributed by atoms with Crippen molar-refractivity contribution in [1.29, 1.82) is 0 Å². The number of carbonyl (C=O) groups excluding carboxylic acids is 1. The molecule has 1 N–H and O–H groups in total. The SMILES string of the molecule is CNC(COC(C)CC(C)C)(C(=O)OC)c1ccccc1. The van der Waals surface area contributed by atoms with Crippen molar-refractivity contribution in [2.75, 3.05) is 20.8 Å². The fourth-order valence-electron chi connectivity index (χ4n) is 2.47. The lowest BCUT2D eigenvalue weighted by Crippen LogP contribution is -2.52. The van der Waals surface area contributed by atoms with Crippen LogP contribution in [-0.2, 0) is 19.8 Å². The standard InChI is InChI=1S/C17H27NO3/c1-13(2)11-14(3)21-12-17(18-4,16(19)20-5)15-9-7-6-8-10-15/h6-10,13-14,18H,11-12H2,1-5H3. The van der Waals surface area contributed by atoms with Crippen LogP contribution in [0.5, 0.6) is 0 Å². The Bertz CT molecular complexity index is 433. The topological polar surface area (TPSA) is 47.6 Å². The Kier molecular flexibility index (Phi) is 6.85. The Hall–Kier alpha value is -1.39. The molecule has 0 saturated carbocycles. The average Bonchev–Trinajstić information content (AvgIpc) is 2.48. The van der Waals surface area contributed by atoms with E-state index in [1.165, 1.54) is 7.11 Å². The van der Waals surface area contributed by atoms with E-state index in [1.807, 2.05) is 37.3 Å². The van der Waals surface area contributed by atoms with Crippen molar-refractivity contribution in [1.82, 2.24) is 5.32 Å². The second-order valence-electron chi connectivity index (χ2n) is 5.76. The lowest BCUT2D eigenvalue weighted by Gasteiger charge is -2.32. The number of hydrogen-bond donors (Lipinski definition) is 1. The molecular weight excluding hydrogens is 266 g/mol. The molecule has 0 heterocycles. The lowest BCUT2D eigenvalue weighted by molar-refractivity contribution is -0.153. The zero-order valence-corrected chi connectivity index (χ0v) is 13.7. The van der Waals surface area contributed by atoms with Crippen molar-refractivity contribution in [3.8, 4) is 0 Å². The lowest BCUT2D eigenvalue weighted by atomic mass is 9.90. The summed E-state index contributed by atoms with van der Waals surface area (Å²) in [6, 6.07) is 9.54. The van der Waals surface area contributed by atoms with Crippen molar-refractivity contribution >= 4 is 5.97 Å². The molecule has 0 aliphatic rings. The van der Waals surface area contributed by atoms with E-state index in [0.717, 1.165) is 12.0 Å². The molecule has 0 aliphatic carbocycles. The smallest absolute Gasteiger partial charge is 0.333 e. The predicted octanol–water partition coefficient (Wildman–Crippen LogP) is 2.73. The van der Waals surface area contributed by atoms with Gasteiger partial charge in [-0.1, -0.05) is 44.2 Å². The molecular formula is C17H27NO3. The van der Waals surface area contributed by atoms with Crippen LogP contribution in [0.25, 0.3) is 0 Å². The number of methoxy groups -OCH3 is 1. The zero-order chi connectivity index (χ0) is 15.9. The number of rotatable bonds is 8. The van der Waals surface area contributed by atoms with E-state index in [2.05, 4.69) is 19.2 Å². The normalized spacial score (nSPS) is 15.5. The van der Waals surface area contributed by atoms with Crippen molar-refractivity contribution in [3.05, 3.63) is 35.9 Å². The van der Waals surface area contributed by atoms with Crippen molar-refractivity contribution in [3.63, 3.8) is 0 Å². The van der Waals surface area contributed by atoms with Crippen LogP contribution in [0.4, 0.5) is 0 Å². The summed E-state index contributed by atoms with van der Waals surface area (Å²) in [7, 11) is 3.15. The second-order valence-corrected chi connectivity index (χ2v) is 5.76. The Morgan fingerprint density at radius 1 is 1.24 bits per heavy atom. The van der Waals surface area contributed by atoms with Crippen molar-refractivity contribution in [2.45, 2.75) is 38.8 Å². The van der Waals surface area contributed by atoms with Gasteiger partial charge in [-0.2, -0.15) is 0 Å². The summed E-state index contributed by atoms with van der Waals surface area (Å²) in [5, 5.41) is 3.09. The summed E-state index contributed by atoms with van der Waals surface area (Å²) in [5.74, 6) is 0.215. The van der Waals surface area contributed by atoms with Crippen molar-refractivity contribution in [2.24, 2.45) is 5.92 Å². The van der Waals surface area contributed by atoms with Gasteiger partial charge in [-0.15, -0.1) is 0 Å². The van der Waals surface area contributed by atoms with Gasteiger partial charge in [0.25, 0.3) is 0 Å². The summed E-state index contributed by atoms with van der Waals surface area (Å²) in [6.45, 7) is 6.59. The molecule has 0 fully saturated rings. The first-order chi connectivity index (χ1) is 9.96. The quantitative estimate of drug-likeness (QED) is 0.749. The summed E-state index contributed by atoms with van der Waals surface area (Å²) in [5.41, 5.74) is -0.127. The molecule has 2 atom stereocenters. The molecule has 1 rings (SSSR count). The minimum absolute atomic E-state index is 0.0890. The number of nitrogens with one attached hydrogen (secondary N) is 1. The Morgan fingerprint density at radius 3 is 2.33 bits per heavy atom. The van der Waals surface area contributed by atoms with Crippen LogP contribution in [0.3, 0.4) is 0 Å². The van der Waals surface area contributed by atoms with E-state index in [1.54, 1.807) is 7.05 Å². The number of esters is 1. The fraction of sp³-hybridized carbons (Fsp3) is 0.588. The van der Waals surface area contributed by atoms with E-state index in [-0.39, 0.29) is 18.7 Å². The van der Waals surface area contributed by atoms with Gasteiger partial charge in [0.2, 0.25) is 0 Å². The van der Waals surface area contributed by atoms with Gasteiger partial charge in [0.05, 0.1) is 19.8 Å². The third-order valence-corrected chi connectivity index (χ3v) is 3.61. The first-order valence-corrected chi connectivity index (χ1v) is 7.40. The molecule has 2 unspecified atom stereocenters. The minimum atomic E-state index is -0.971. The molecule has 0 bridgehead atoms. The van der Waals surface area contributed by atoms with Gasteiger partial charge in [-0.25, -0.2) is 4.79 Å². The highest BCUT2D eigenvalue weighted by Crippen LogP contribution is 2.24. The minimum Gasteiger partial charge on any atom is -0.467 e. The van der Waals surface area contributed by atoms with Crippen LogP contribution in [0, 0.1) is 5.92 Å². The molecule has 0 saturated heterocycles. The summed E-state index contributed by atoms with van der Waals surface area (Å²) in [4.78, 5) is 12.3. The van der Waals surface area contributed by atoms with Gasteiger partial charge < -0.3 is 9.47 Å². The van der Waals surface area contributed by atoms with Crippen LogP contribution in [0.15, 0.2) is 30.3 Å². The van der Waals surface area contributed by atoms with Gasteiger partial charge in [0, 0.05) is 0 Å². The maximum atomic E-state index is 12.3. The van der Waals surface area contributed by atoms with E-state index >= 15 is 0 Å². The third kappa shape index (κ3) is 4.55. The third-order valence-electron chi connectivity index (χ3n) is 3.61. The zero-order valence-electron chi connectivity index (χ0n) is 13.7. The van der Waals surface area contributed by atoms with Crippen molar-refractivity contribution < 1.29 is 14.3 Å². The van der Waals surface area contributed by atoms with Gasteiger partial charge in [0.1, 0.15) is 0 Å². The van der Waals surface area contributed by atoms with E-state index in [4.69, 9.17) is 9.47 Å². The largest absolute Gasteiger partial charge is 0.467 e. The van der Waals surface area contributed by atoms with Gasteiger partial charge in [0.15, 0.2) is 5.54 Å². The Labute approximate surface area is 127 Å². The van der Waals surface area contributed by atoms with Gasteiger partial charge >= 0.3 is 5.97 Å². The maximum absolute atomic E-state index is 12.3. The average molecular weight is 293 g/mol. The van der Waals surface area contributed by atoms with Gasteiger partial charge in [-0.05, 0) is 31.9 Å². The summed E-state index contributed by atoms with van der Waals surface area (Å²) in [6.07, 6.45) is 1.04. The van der Waals surface area contributed by atoms with Gasteiger partial charge in [-0.3, -0.25) is 5.32 Å². The van der Waals surface area contributed by atoms with Crippen LogP contribution < -0.4 is 5.32 Å². The number of likely N-dealkylation sites (N-methyl/N-ethyl adjacent to an activating group) is 1. The molecule has 1 aromatic carbocycles. The van der Waals surface area contributed by atoms with Crippen LogP contribution in [0.1, 0.15) is 32.8 Å². The molecule has 0 aromatic heterocycles. The molecule has 4 heteroatoms. The molecule has 0 amide bonds. The van der Waals surface area contributed by atoms with Crippen LogP contribution in [0.2, 0.25) is 0 Å². The fourth-order valence-corrected chi connectivity index (χ4v) is 2.47. The van der Waals surface area contributed by atoms with E-state index in [9.17, 15) is 4.79 Å². The molecule has 0 radical (unpaired) electrons. The second kappa shape index (κ2) is 8.15. The molecule has 118 valence electrons. The molecule has 21 heavy (non-hydrogen) atoms. The Balaban J connectivity index is 2.95. The summed E-state index contributed by atoms with van der Waals surface area (Å²) < 4.78 is 10.9. The molecule has 1 aromatic rings. The highest BCUT2D eigenvalue weighted by atomic mass is 16.5. The first-order valence-electron chi connectivity index (χ1n) is 7.40. The maximum Gasteiger partial charge on any atom is 0.333 e. The number of hydrogen-bond acceptors (Lipinski definition) is 4. The molecule has 0 aliphatic heterocycles. The van der Waals surface area contributed by atoms with Crippen LogP contribution in [-0.4, -0.2) is 32.8 Å². The van der Waals surface area contributed by atoms with E-state index < -0.39 is 5.54 Å². The monoisotopic (exact) mass is 293 g/mol. The number of benzene rings is 1. The van der Waals surface area contributed by atoms with Crippen LogP contribution >= 0.6 is 0 Å². The molecule has 4 nitrogen and oxygen atoms in total. The summed E-state index contributed by atoms with van der Waals surface area (Å²) >= 11 is 0. The van der Waals surface area contributed by atoms with E-state index in [0.29, 0.717) is 5.92 Å². The predicted molar refractivity (Wildman–Crippen MR) is 84.1 cm³/mol. The first kappa shape index (κ1) is 17.7. The number of ether oxygens (including phenoxy) is 2. The highest BCUT2D eigenvalue weighted by molar-refractivity contribution is 5.82. The Morgan fingerprint density at radius 2 is 1.86 bits per heavy atom. The molecule has 0 spiro atoms. The highest BCUT2D eigenvalue weighted by Gasteiger charge is 2.40. The number of carbonyl (C=O) groups is 1.